The van der Waals surface area contributed by atoms with E-state index in [1.54, 1.807) is 26.2 Å². The molecule has 3 rings (SSSR count). The number of nitrogens with two attached hydrogens (primary N) is 1. The summed E-state index contributed by atoms with van der Waals surface area (Å²) in [5, 5.41) is 42.7. The van der Waals surface area contributed by atoms with Gasteiger partial charge in [0.25, 0.3) is 5.91 Å². The van der Waals surface area contributed by atoms with Gasteiger partial charge in [-0.1, -0.05) is 18.7 Å². The highest BCUT2D eigenvalue weighted by Crippen LogP contribution is 2.50. The van der Waals surface area contributed by atoms with Crippen molar-refractivity contribution in [1.82, 2.24) is 4.90 Å². The average molecular weight is 442 g/mol. The minimum absolute atomic E-state index is 0.0666. The summed E-state index contributed by atoms with van der Waals surface area (Å²) >= 11 is 0. The largest absolute Gasteiger partial charge is 0.510 e. The molecule has 0 bridgehead atoms. The van der Waals surface area contributed by atoms with Gasteiger partial charge in [-0.25, -0.2) is 0 Å². The number of allylic oxidation sites excluding steroid dienone is 1. The van der Waals surface area contributed by atoms with E-state index >= 15 is 0 Å². The molecular formula is C23H26N2O7. The Morgan fingerprint density at radius 2 is 1.88 bits per heavy atom. The van der Waals surface area contributed by atoms with Crippen LogP contribution in [0.2, 0.25) is 0 Å². The van der Waals surface area contributed by atoms with Gasteiger partial charge in [0.15, 0.2) is 11.6 Å². The number of Topliss-reactive ketones (excluding diaryl/α,β-unsaturated/α-hetero) is 2. The number of rotatable bonds is 5. The summed E-state index contributed by atoms with van der Waals surface area (Å²) in [7, 11) is 3.12. The Balaban J connectivity index is 2.16. The molecule has 1 amide bonds. The first-order valence-electron chi connectivity index (χ1n) is 9.97. The van der Waals surface area contributed by atoms with Crippen molar-refractivity contribution in [2.75, 3.05) is 14.1 Å². The molecule has 6 N–H and O–H groups in total. The molecule has 1 saturated carbocycles. The Hall–Kier alpha value is -3.43. The van der Waals surface area contributed by atoms with Crippen LogP contribution in [0.4, 0.5) is 0 Å². The second-order valence-electron chi connectivity index (χ2n) is 8.34. The van der Waals surface area contributed by atoms with Gasteiger partial charge < -0.3 is 26.2 Å². The first-order valence-corrected chi connectivity index (χ1v) is 9.97. The standard InChI is InChI=1S/C23H26N2O7/c1-9-11-6-5-7-14(27)16(11)20(29)17-12(9)8-13(19(28)22(17)31)18(25(3)4)21(30)15(10(2)26)23(24)32/h5-7,12-13,18-19,27-30H,1,8H2,2-4H3,(H2,24,32)/b21-15-/t12-,13+,18+,19+/m1/s1. The lowest BCUT2D eigenvalue weighted by Crippen LogP contribution is -2.51. The maximum Gasteiger partial charge on any atom is 0.255 e. The van der Waals surface area contributed by atoms with Gasteiger partial charge in [0.1, 0.15) is 28.9 Å². The van der Waals surface area contributed by atoms with Crippen LogP contribution in [0, 0.1) is 11.8 Å². The number of phenols is 1. The molecule has 32 heavy (non-hydrogen) atoms. The number of primary amides is 1. The monoisotopic (exact) mass is 442 g/mol. The third-order valence-electron chi connectivity index (χ3n) is 6.19. The van der Waals surface area contributed by atoms with Crippen molar-refractivity contribution in [3.63, 3.8) is 0 Å². The first kappa shape index (κ1) is 23.2. The molecule has 9 heteroatoms. The summed E-state index contributed by atoms with van der Waals surface area (Å²) in [6, 6.07) is 3.50. The van der Waals surface area contributed by atoms with E-state index in [9.17, 15) is 34.8 Å². The lowest BCUT2D eigenvalue weighted by atomic mass is 9.65. The van der Waals surface area contributed by atoms with Gasteiger partial charge in [-0.15, -0.1) is 0 Å². The van der Waals surface area contributed by atoms with Crippen molar-refractivity contribution < 1.29 is 34.8 Å². The summed E-state index contributed by atoms with van der Waals surface area (Å²) in [4.78, 5) is 38.4. The number of aromatic hydroxyl groups is 1. The molecule has 0 radical (unpaired) electrons. The molecule has 1 aromatic rings. The number of hydrogen-bond acceptors (Lipinski definition) is 8. The summed E-state index contributed by atoms with van der Waals surface area (Å²) in [5.74, 6) is -5.62. The number of carbonyl (C=O) groups excluding carboxylic acids is 3. The third kappa shape index (κ3) is 3.49. The Bertz CT molecular complexity index is 1080. The minimum Gasteiger partial charge on any atom is -0.510 e. The van der Waals surface area contributed by atoms with Crippen LogP contribution in [0.3, 0.4) is 0 Å². The highest BCUT2D eigenvalue weighted by atomic mass is 16.3. The third-order valence-corrected chi connectivity index (χ3v) is 6.19. The second-order valence-corrected chi connectivity index (χ2v) is 8.34. The predicted octanol–water partition coefficient (Wildman–Crippen LogP) is 1.07. The van der Waals surface area contributed by atoms with Crippen LogP contribution < -0.4 is 5.73 Å². The molecule has 2 aliphatic rings. The van der Waals surface area contributed by atoms with Crippen molar-refractivity contribution in [3.8, 4) is 5.75 Å². The van der Waals surface area contributed by atoms with Crippen LogP contribution in [0.15, 0.2) is 41.7 Å². The number of aliphatic hydroxyl groups is 3. The van der Waals surface area contributed by atoms with Crippen LogP contribution in [-0.2, 0) is 14.4 Å². The number of benzene rings is 1. The lowest BCUT2D eigenvalue weighted by molar-refractivity contribution is -0.130. The molecule has 170 valence electrons. The zero-order chi connectivity index (χ0) is 24.1. The minimum atomic E-state index is -1.67. The van der Waals surface area contributed by atoms with Gasteiger partial charge in [0.05, 0.1) is 11.6 Å². The lowest BCUT2D eigenvalue weighted by Gasteiger charge is -2.43. The molecule has 0 spiro atoms. The molecule has 0 saturated heterocycles. The quantitative estimate of drug-likeness (QED) is 0.196. The summed E-state index contributed by atoms with van der Waals surface area (Å²) in [6.07, 6.45) is -1.60. The smallest absolute Gasteiger partial charge is 0.255 e. The summed E-state index contributed by atoms with van der Waals surface area (Å²) in [6.45, 7) is 5.12. The average Bonchev–Trinajstić information content (AvgIpc) is 2.68. The molecule has 4 atom stereocenters. The maximum atomic E-state index is 13.2. The van der Waals surface area contributed by atoms with Gasteiger partial charge in [0, 0.05) is 17.4 Å². The van der Waals surface area contributed by atoms with Gasteiger partial charge in [-0.3, -0.25) is 19.3 Å². The van der Waals surface area contributed by atoms with E-state index in [-0.39, 0.29) is 23.3 Å². The molecule has 9 nitrogen and oxygen atoms in total. The number of ketones is 2. The van der Waals surface area contributed by atoms with Crippen LogP contribution in [0.1, 0.15) is 24.5 Å². The van der Waals surface area contributed by atoms with Crippen LogP contribution in [0.5, 0.6) is 5.75 Å². The van der Waals surface area contributed by atoms with Gasteiger partial charge >= 0.3 is 0 Å². The van der Waals surface area contributed by atoms with E-state index in [1.807, 2.05) is 0 Å². The van der Waals surface area contributed by atoms with Crippen LogP contribution >= 0.6 is 0 Å². The highest BCUT2D eigenvalue weighted by Gasteiger charge is 2.49. The molecule has 0 unspecified atom stereocenters. The molecule has 0 aliphatic heterocycles. The van der Waals surface area contributed by atoms with E-state index in [0.29, 0.717) is 11.1 Å². The summed E-state index contributed by atoms with van der Waals surface area (Å²) < 4.78 is 0. The predicted molar refractivity (Wildman–Crippen MR) is 116 cm³/mol. The van der Waals surface area contributed by atoms with Crippen molar-refractivity contribution in [2.24, 2.45) is 17.6 Å². The van der Waals surface area contributed by atoms with Gasteiger partial charge in [0.2, 0.25) is 0 Å². The van der Waals surface area contributed by atoms with Crippen LogP contribution in [-0.4, -0.2) is 69.0 Å². The Morgan fingerprint density at radius 1 is 1.25 bits per heavy atom. The van der Waals surface area contributed by atoms with Crippen molar-refractivity contribution in [3.05, 3.63) is 52.8 Å². The van der Waals surface area contributed by atoms with Gasteiger partial charge in [-0.2, -0.15) is 0 Å². The fourth-order valence-corrected chi connectivity index (χ4v) is 4.78. The molecular weight excluding hydrogens is 416 g/mol. The Morgan fingerprint density at radius 3 is 2.41 bits per heavy atom. The maximum absolute atomic E-state index is 13.2. The number of carbonyl (C=O) groups is 3. The fourth-order valence-electron chi connectivity index (χ4n) is 4.78. The summed E-state index contributed by atoms with van der Waals surface area (Å²) in [5.41, 5.74) is 5.58. The second kappa shape index (κ2) is 8.25. The van der Waals surface area contributed by atoms with Crippen LogP contribution in [0.25, 0.3) is 11.3 Å². The van der Waals surface area contributed by atoms with E-state index in [2.05, 4.69) is 6.58 Å². The number of amides is 1. The zero-order valence-electron chi connectivity index (χ0n) is 18.0. The Kier molecular flexibility index (Phi) is 5.99. The normalized spacial score (nSPS) is 24.6. The SMILES string of the molecule is C=C1c2cccc(O)c2C(O)=C2C(=O)[C@@H](O)[C@H]([C@@H](/C(O)=C(\C(C)=O)C(N)=O)N(C)C)C[C@H]12. The van der Waals surface area contributed by atoms with E-state index in [1.165, 1.54) is 11.0 Å². The van der Waals surface area contributed by atoms with E-state index in [4.69, 9.17) is 5.73 Å². The molecule has 2 aliphatic carbocycles. The highest BCUT2D eigenvalue weighted by molar-refractivity contribution is 6.18. The number of nitrogens with zero attached hydrogens (tertiary/aromatic N) is 1. The Labute approximate surface area is 184 Å². The van der Waals surface area contributed by atoms with Crippen molar-refractivity contribution in [1.29, 1.82) is 0 Å². The topological polar surface area (TPSA) is 161 Å². The number of hydrogen-bond donors (Lipinski definition) is 5. The molecule has 1 fully saturated rings. The number of aliphatic hydroxyl groups excluding tert-OH is 3. The van der Waals surface area contributed by atoms with Crippen molar-refractivity contribution >= 4 is 28.8 Å². The first-order chi connectivity index (χ1) is 14.9. The van der Waals surface area contributed by atoms with Crippen molar-refractivity contribution in [2.45, 2.75) is 25.5 Å². The van der Waals surface area contributed by atoms with E-state index < -0.39 is 58.5 Å². The number of phenolic OH excluding ortho intramolecular Hbond substituents is 1. The van der Waals surface area contributed by atoms with E-state index in [0.717, 1.165) is 6.92 Å². The zero-order valence-corrected chi connectivity index (χ0v) is 18.0. The molecule has 0 heterocycles. The number of likely N-dealkylation sites (N-methyl/N-ethyl adjacent to an activating group) is 1. The molecule has 0 aromatic heterocycles. The fraction of sp³-hybridized carbons (Fsp3) is 0.348. The van der Waals surface area contributed by atoms with Gasteiger partial charge in [-0.05, 0) is 44.6 Å². The molecule has 1 aromatic carbocycles. The number of fused-ring (bicyclic) bond motifs is 2.